The predicted octanol–water partition coefficient (Wildman–Crippen LogP) is 2.27. The molecule has 2 amide bonds. The lowest BCUT2D eigenvalue weighted by Gasteiger charge is -2.11. The maximum absolute atomic E-state index is 12.8. The Morgan fingerprint density at radius 1 is 1.03 bits per heavy atom. The molecule has 0 spiro atoms. The molecule has 1 aromatic heterocycles. The van der Waals surface area contributed by atoms with E-state index < -0.39 is 9.84 Å². The van der Waals surface area contributed by atoms with Crippen LogP contribution in [-0.4, -0.2) is 49.7 Å². The van der Waals surface area contributed by atoms with Crippen molar-refractivity contribution >= 4 is 27.4 Å². The van der Waals surface area contributed by atoms with Gasteiger partial charge in [-0.05, 0) is 36.4 Å². The Hall–Kier alpha value is -3.50. The van der Waals surface area contributed by atoms with Crippen molar-refractivity contribution in [2.24, 2.45) is 0 Å². The average molecular weight is 442 g/mol. The molecule has 0 aliphatic rings. The fourth-order valence-electron chi connectivity index (χ4n) is 2.78. The van der Waals surface area contributed by atoms with E-state index in [4.69, 9.17) is 5.11 Å². The van der Waals surface area contributed by atoms with Crippen molar-refractivity contribution in [1.82, 2.24) is 15.3 Å². The van der Waals surface area contributed by atoms with Gasteiger partial charge in [-0.2, -0.15) is 0 Å². The van der Waals surface area contributed by atoms with E-state index in [1.807, 2.05) is 0 Å². The lowest BCUT2D eigenvalue weighted by molar-refractivity contribution is 0.254. The van der Waals surface area contributed by atoms with Gasteiger partial charge >= 0.3 is 6.03 Å². The van der Waals surface area contributed by atoms with Gasteiger partial charge in [-0.25, -0.2) is 23.2 Å². The smallest absolute Gasteiger partial charge is 0.318 e. The Bertz CT molecular complexity index is 1140. The van der Waals surface area contributed by atoms with E-state index in [2.05, 4.69) is 25.9 Å². The second-order valence-electron chi connectivity index (χ2n) is 6.57. The van der Waals surface area contributed by atoms with Crippen molar-refractivity contribution in [3.8, 4) is 11.4 Å². The largest absolute Gasteiger partial charge is 0.395 e. The van der Waals surface area contributed by atoms with Gasteiger partial charge in [0.15, 0.2) is 15.7 Å². The van der Waals surface area contributed by atoms with Crippen molar-refractivity contribution in [2.45, 2.75) is 10.6 Å². The Balaban J connectivity index is 1.92. The molecular formula is C21H23N5O4S. The highest BCUT2D eigenvalue weighted by atomic mass is 32.2. The first-order valence-corrected chi connectivity index (χ1v) is 11.2. The number of hydrogen-bond acceptors (Lipinski definition) is 7. The van der Waals surface area contributed by atoms with Gasteiger partial charge in [-0.15, -0.1) is 0 Å². The number of nitrogens with zero attached hydrogens (tertiary/aromatic N) is 2. The molecule has 0 radical (unpaired) electrons. The third-order valence-corrected chi connectivity index (χ3v) is 5.93. The predicted molar refractivity (Wildman–Crippen MR) is 118 cm³/mol. The number of aliphatic hydroxyl groups excluding tert-OH is 1. The van der Waals surface area contributed by atoms with E-state index in [0.717, 1.165) is 0 Å². The molecule has 2 aromatic carbocycles. The van der Waals surface area contributed by atoms with Gasteiger partial charge in [0, 0.05) is 30.9 Å². The number of benzene rings is 2. The zero-order chi connectivity index (χ0) is 22.3. The first-order valence-electron chi connectivity index (χ1n) is 9.51. The number of aromatic nitrogens is 2. The van der Waals surface area contributed by atoms with E-state index in [0.29, 0.717) is 28.6 Å². The molecule has 162 valence electrons. The number of urea groups is 1. The number of anilines is 2. The van der Waals surface area contributed by atoms with Crippen LogP contribution in [0.1, 0.15) is 5.69 Å². The maximum Gasteiger partial charge on any atom is 0.318 e. The molecule has 0 bridgehead atoms. The first kappa shape index (κ1) is 22.2. The van der Waals surface area contributed by atoms with Crippen LogP contribution in [0.2, 0.25) is 0 Å². The minimum atomic E-state index is -3.59. The summed E-state index contributed by atoms with van der Waals surface area (Å²) >= 11 is 0. The normalized spacial score (nSPS) is 11.0. The average Bonchev–Trinajstić information content (AvgIpc) is 2.78. The molecule has 3 aromatic rings. The third kappa shape index (κ3) is 6.00. The number of amides is 2. The highest BCUT2D eigenvalue weighted by Crippen LogP contribution is 2.23. The number of rotatable bonds is 8. The van der Waals surface area contributed by atoms with Crippen LogP contribution in [0.5, 0.6) is 0 Å². The topological polar surface area (TPSA) is 133 Å². The van der Waals surface area contributed by atoms with E-state index in [9.17, 15) is 13.2 Å². The molecule has 0 fully saturated rings. The SMILES string of the molecule is CNC(=O)Nc1ccc(-c2nc(CS(=O)(=O)c3ccccc3)cc(NCCO)n2)cc1. The monoisotopic (exact) mass is 441 g/mol. The van der Waals surface area contributed by atoms with Crippen LogP contribution in [0.3, 0.4) is 0 Å². The molecule has 0 unspecified atom stereocenters. The number of sulfone groups is 1. The minimum Gasteiger partial charge on any atom is -0.395 e. The summed E-state index contributed by atoms with van der Waals surface area (Å²) in [7, 11) is -2.07. The van der Waals surface area contributed by atoms with Crippen LogP contribution in [0.4, 0.5) is 16.3 Å². The van der Waals surface area contributed by atoms with Gasteiger partial charge in [0.1, 0.15) is 5.82 Å². The molecule has 0 saturated carbocycles. The Morgan fingerprint density at radius 3 is 2.39 bits per heavy atom. The zero-order valence-electron chi connectivity index (χ0n) is 16.9. The minimum absolute atomic E-state index is 0.100. The molecule has 0 saturated heterocycles. The van der Waals surface area contributed by atoms with Crippen LogP contribution in [-0.2, 0) is 15.6 Å². The van der Waals surface area contributed by atoms with E-state index in [1.54, 1.807) is 60.7 Å². The van der Waals surface area contributed by atoms with Crippen LogP contribution in [0.25, 0.3) is 11.4 Å². The quantitative estimate of drug-likeness (QED) is 0.421. The molecule has 1 heterocycles. The number of carbonyl (C=O) groups excluding carboxylic acids is 1. The highest BCUT2D eigenvalue weighted by Gasteiger charge is 2.18. The third-order valence-electron chi connectivity index (χ3n) is 4.27. The molecule has 3 rings (SSSR count). The molecule has 0 aliphatic carbocycles. The first-order chi connectivity index (χ1) is 14.9. The molecule has 4 N–H and O–H groups in total. The zero-order valence-corrected chi connectivity index (χ0v) is 17.7. The standard InChI is InChI=1S/C21H23N5O4S/c1-22-21(28)25-16-9-7-15(8-10-16)20-24-17(13-19(26-20)23-11-12-27)14-31(29,30)18-5-3-2-4-6-18/h2-10,13,27H,11-12,14H2,1H3,(H2,22,25,28)(H,23,24,26). The Labute approximate surface area is 180 Å². The molecule has 9 nitrogen and oxygen atoms in total. The van der Waals surface area contributed by atoms with Gasteiger partial charge in [-0.1, -0.05) is 18.2 Å². The van der Waals surface area contributed by atoms with E-state index >= 15 is 0 Å². The van der Waals surface area contributed by atoms with Crippen LogP contribution < -0.4 is 16.0 Å². The van der Waals surface area contributed by atoms with Crippen molar-refractivity contribution in [3.05, 3.63) is 66.4 Å². The van der Waals surface area contributed by atoms with Gasteiger partial charge in [-0.3, -0.25) is 0 Å². The summed E-state index contributed by atoms with van der Waals surface area (Å²) < 4.78 is 25.6. The van der Waals surface area contributed by atoms with Gasteiger partial charge in [0.05, 0.1) is 22.9 Å². The second-order valence-corrected chi connectivity index (χ2v) is 8.56. The summed E-state index contributed by atoms with van der Waals surface area (Å²) in [6, 6.07) is 16.2. The number of hydrogen-bond donors (Lipinski definition) is 4. The number of carbonyl (C=O) groups is 1. The summed E-state index contributed by atoms with van der Waals surface area (Å²) in [4.78, 5) is 20.5. The van der Waals surface area contributed by atoms with Gasteiger partial charge in [0.2, 0.25) is 0 Å². The fraction of sp³-hybridized carbons (Fsp3) is 0.190. The Morgan fingerprint density at radius 2 is 1.74 bits per heavy atom. The summed E-state index contributed by atoms with van der Waals surface area (Å²) in [6.07, 6.45) is 0. The van der Waals surface area contributed by atoms with Crippen molar-refractivity contribution in [1.29, 1.82) is 0 Å². The molecule has 0 aliphatic heterocycles. The molecular weight excluding hydrogens is 418 g/mol. The summed E-state index contributed by atoms with van der Waals surface area (Å²) in [5, 5.41) is 17.2. The van der Waals surface area contributed by atoms with Crippen LogP contribution in [0, 0.1) is 0 Å². The second kappa shape index (κ2) is 10.0. The lowest BCUT2D eigenvalue weighted by atomic mass is 10.2. The molecule has 31 heavy (non-hydrogen) atoms. The summed E-state index contributed by atoms with van der Waals surface area (Å²) in [6.45, 7) is 0.160. The van der Waals surface area contributed by atoms with E-state index in [-0.39, 0.29) is 29.8 Å². The van der Waals surface area contributed by atoms with E-state index in [1.165, 1.54) is 7.05 Å². The van der Waals surface area contributed by atoms with Gasteiger partial charge in [0.25, 0.3) is 0 Å². The lowest BCUT2D eigenvalue weighted by Crippen LogP contribution is -2.24. The maximum atomic E-state index is 12.8. The highest BCUT2D eigenvalue weighted by molar-refractivity contribution is 7.90. The molecule has 10 heteroatoms. The fourth-order valence-corrected chi connectivity index (χ4v) is 4.05. The van der Waals surface area contributed by atoms with Crippen molar-refractivity contribution in [2.75, 3.05) is 30.8 Å². The number of nitrogens with one attached hydrogen (secondary N) is 3. The van der Waals surface area contributed by atoms with Gasteiger partial charge < -0.3 is 21.1 Å². The van der Waals surface area contributed by atoms with Crippen molar-refractivity contribution in [3.63, 3.8) is 0 Å². The summed E-state index contributed by atoms with van der Waals surface area (Å²) in [5.41, 5.74) is 1.56. The summed E-state index contributed by atoms with van der Waals surface area (Å²) in [5.74, 6) is 0.439. The van der Waals surface area contributed by atoms with Crippen LogP contribution in [0.15, 0.2) is 65.6 Å². The number of aliphatic hydroxyl groups is 1. The molecule has 0 atom stereocenters. The van der Waals surface area contributed by atoms with Crippen molar-refractivity contribution < 1.29 is 18.3 Å². The van der Waals surface area contributed by atoms with Crippen LogP contribution >= 0.6 is 0 Å². The Kier molecular flexibility index (Phi) is 7.16.